The van der Waals surface area contributed by atoms with E-state index in [1.165, 1.54) is 0 Å². The number of hydrogen-bond donors (Lipinski definition) is 4. The van der Waals surface area contributed by atoms with Crippen molar-refractivity contribution < 1.29 is 15.0 Å². The standard InChI is InChI=1S/C12H15N3O3S/c1-15-9-4-6(16)2-3-7(9)13-10(15)11-14-8(5-19-11)12(17)18/h2-4,8,10-11,13-14,16H,5H2,1H3,(H,17,18)/t8-,10?,11?/m1/s1. The highest BCUT2D eigenvalue weighted by Gasteiger charge is 2.39. The van der Waals surface area contributed by atoms with Crippen LogP contribution in [0.15, 0.2) is 18.2 Å². The molecule has 0 amide bonds. The Bertz CT molecular complexity index is 525. The van der Waals surface area contributed by atoms with Crippen LogP contribution >= 0.6 is 11.8 Å². The van der Waals surface area contributed by atoms with Gasteiger partial charge in [-0.1, -0.05) is 0 Å². The molecule has 0 aromatic heterocycles. The molecule has 2 aliphatic heterocycles. The summed E-state index contributed by atoms with van der Waals surface area (Å²) in [5.74, 6) is -0.0255. The maximum Gasteiger partial charge on any atom is 0.321 e. The molecule has 1 saturated heterocycles. The molecule has 0 bridgehead atoms. The average Bonchev–Trinajstić information content (AvgIpc) is 2.95. The second-order valence-corrected chi connectivity index (χ2v) is 5.89. The van der Waals surface area contributed by atoms with E-state index in [9.17, 15) is 9.90 Å². The number of phenols is 1. The predicted molar refractivity (Wildman–Crippen MR) is 74.7 cm³/mol. The van der Waals surface area contributed by atoms with Crippen molar-refractivity contribution in [2.75, 3.05) is 23.0 Å². The van der Waals surface area contributed by atoms with Crippen molar-refractivity contribution in [3.63, 3.8) is 0 Å². The van der Waals surface area contributed by atoms with Crippen LogP contribution in [0.5, 0.6) is 5.75 Å². The Morgan fingerprint density at radius 2 is 2.32 bits per heavy atom. The molecule has 19 heavy (non-hydrogen) atoms. The summed E-state index contributed by atoms with van der Waals surface area (Å²) in [5.41, 5.74) is 1.87. The van der Waals surface area contributed by atoms with Gasteiger partial charge in [-0.05, 0) is 12.1 Å². The number of hydrogen-bond acceptors (Lipinski definition) is 6. The van der Waals surface area contributed by atoms with Crippen LogP contribution in [0, 0.1) is 0 Å². The Morgan fingerprint density at radius 1 is 1.53 bits per heavy atom. The zero-order valence-electron chi connectivity index (χ0n) is 10.3. The number of nitrogens with one attached hydrogen (secondary N) is 2. The van der Waals surface area contributed by atoms with E-state index in [1.807, 2.05) is 18.0 Å². The van der Waals surface area contributed by atoms with Crippen molar-refractivity contribution in [2.24, 2.45) is 0 Å². The molecule has 2 aliphatic rings. The number of carboxylic acid groups (broad SMARTS) is 1. The van der Waals surface area contributed by atoms with Crippen LogP contribution in [0.2, 0.25) is 0 Å². The third-order valence-electron chi connectivity index (χ3n) is 3.47. The van der Waals surface area contributed by atoms with Crippen LogP contribution in [-0.2, 0) is 4.79 Å². The molecule has 2 heterocycles. The molecular formula is C12H15N3O3S. The van der Waals surface area contributed by atoms with E-state index >= 15 is 0 Å². The summed E-state index contributed by atoms with van der Waals surface area (Å²) in [6.45, 7) is 0. The third-order valence-corrected chi connectivity index (χ3v) is 4.75. The molecule has 1 aromatic carbocycles. The van der Waals surface area contributed by atoms with Crippen LogP contribution in [0.1, 0.15) is 0 Å². The smallest absolute Gasteiger partial charge is 0.321 e. The summed E-state index contributed by atoms with van der Waals surface area (Å²) in [6, 6.07) is 4.67. The molecule has 6 nitrogen and oxygen atoms in total. The summed E-state index contributed by atoms with van der Waals surface area (Å²) in [5, 5.41) is 25.0. The maximum atomic E-state index is 11.0. The summed E-state index contributed by atoms with van der Waals surface area (Å²) >= 11 is 1.60. The number of nitrogens with zero attached hydrogens (tertiary/aromatic N) is 1. The number of anilines is 2. The van der Waals surface area contributed by atoms with Gasteiger partial charge in [-0.2, -0.15) is 0 Å². The third kappa shape index (κ3) is 2.08. The molecule has 102 valence electrons. The van der Waals surface area contributed by atoms with E-state index in [4.69, 9.17) is 5.11 Å². The molecule has 1 aromatic rings. The van der Waals surface area contributed by atoms with Crippen LogP contribution in [-0.4, -0.2) is 46.6 Å². The van der Waals surface area contributed by atoms with Gasteiger partial charge in [0.2, 0.25) is 0 Å². The number of carbonyl (C=O) groups is 1. The number of thioether (sulfide) groups is 1. The van der Waals surface area contributed by atoms with Gasteiger partial charge in [0.1, 0.15) is 18.0 Å². The van der Waals surface area contributed by atoms with E-state index in [0.717, 1.165) is 11.4 Å². The fourth-order valence-electron chi connectivity index (χ4n) is 2.44. The summed E-state index contributed by atoms with van der Waals surface area (Å²) in [7, 11) is 1.93. The molecule has 2 unspecified atom stereocenters. The zero-order valence-corrected chi connectivity index (χ0v) is 11.1. The Morgan fingerprint density at radius 3 is 3.00 bits per heavy atom. The van der Waals surface area contributed by atoms with E-state index < -0.39 is 12.0 Å². The number of likely N-dealkylation sites (N-methyl/N-ethyl adjacent to an activating group) is 1. The second kappa shape index (κ2) is 4.50. The number of benzene rings is 1. The van der Waals surface area contributed by atoms with Crippen molar-refractivity contribution in [2.45, 2.75) is 17.6 Å². The monoisotopic (exact) mass is 281 g/mol. The minimum absolute atomic E-state index is 0.000595. The molecular weight excluding hydrogens is 266 g/mol. The molecule has 0 saturated carbocycles. The van der Waals surface area contributed by atoms with Crippen LogP contribution < -0.4 is 15.5 Å². The van der Waals surface area contributed by atoms with E-state index in [0.29, 0.717) is 5.75 Å². The molecule has 0 radical (unpaired) electrons. The van der Waals surface area contributed by atoms with E-state index in [1.54, 1.807) is 23.9 Å². The van der Waals surface area contributed by atoms with Crippen molar-refractivity contribution >= 4 is 29.1 Å². The highest BCUT2D eigenvalue weighted by Crippen LogP contribution is 2.39. The number of phenolic OH excluding ortho intramolecular Hbond substituents is 1. The first-order valence-electron chi connectivity index (χ1n) is 5.99. The van der Waals surface area contributed by atoms with Gasteiger partial charge in [0.05, 0.1) is 16.7 Å². The van der Waals surface area contributed by atoms with Crippen molar-refractivity contribution in [3.05, 3.63) is 18.2 Å². The lowest BCUT2D eigenvalue weighted by molar-refractivity contribution is -0.138. The largest absolute Gasteiger partial charge is 0.508 e. The van der Waals surface area contributed by atoms with Gasteiger partial charge in [-0.3, -0.25) is 10.1 Å². The predicted octanol–water partition coefficient (Wildman–Crippen LogP) is 0.696. The molecule has 3 atom stereocenters. The number of carboxylic acids is 1. The lowest BCUT2D eigenvalue weighted by Crippen LogP contribution is -2.49. The number of aromatic hydroxyl groups is 1. The van der Waals surface area contributed by atoms with Gasteiger partial charge in [0.15, 0.2) is 0 Å². The molecule has 0 spiro atoms. The first kappa shape index (κ1) is 12.4. The van der Waals surface area contributed by atoms with Gasteiger partial charge < -0.3 is 20.4 Å². The molecule has 0 aliphatic carbocycles. The first-order chi connectivity index (χ1) is 9.06. The first-order valence-corrected chi connectivity index (χ1v) is 7.04. The van der Waals surface area contributed by atoms with Gasteiger partial charge in [-0.15, -0.1) is 11.8 Å². The zero-order chi connectivity index (χ0) is 13.6. The lowest BCUT2D eigenvalue weighted by atomic mass is 10.2. The fourth-order valence-corrected chi connectivity index (χ4v) is 3.77. The molecule has 4 N–H and O–H groups in total. The van der Waals surface area contributed by atoms with Crippen LogP contribution in [0.4, 0.5) is 11.4 Å². The topological polar surface area (TPSA) is 84.8 Å². The summed E-state index contributed by atoms with van der Waals surface area (Å²) in [6.07, 6.45) is -0.0221. The fraction of sp³-hybridized carbons (Fsp3) is 0.417. The van der Waals surface area contributed by atoms with Crippen LogP contribution in [0.3, 0.4) is 0 Å². The van der Waals surface area contributed by atoms with Crippen molar-refractivity contribution in [3.8, 4) is 5.75 Å². The van der Waals surface area contributed by atoms with Gasteiger partial charge in [-0.25, -0.2) is 0 Å². The number of rotatable bonds is 2. The van der Waals surface area contributed by atoms with E-state index in [2.05, 4.69) is 10.6 Å². The Balaban J connectivity index is 1.77. The quantitative estimate of drug-likeness (QED) is 0.594. The lowest BCUT2D eigenvalue weighted by Gasteiger charge is -2.27. The minimum atomic E-state index is -0.814. The minimum Gasteiger partial charge on any atom is -0.508 e. The highest BCUT2D eigenvalue weighted by atomic mass is 32.2. The van der Waals surface area contributed by atoms with Gasteiger partial charge >= 0.3 is 5.97 Å². The Hall–Kier alpha value is -1.60. The van der Waals surface area contributed by atoms with Crippen molar-refractivity contribution in [1.29, 1.82) is 0 Å². The van der Waals surface area contributed by atoms with Crippen LogP contribution in [0.25, 0.3) is 0 Å². The van der Waals surface area contributed by atoms with Gasteiger partial charge in [0.25, 0.3) is 0 Å². The summed E-state index contributed by atoms with van der Waals surface area (Å²) < 4.78 is 0. The molecule has 7 heteroatoms. The average molecular weight is 281 g/mol. The highest BCUT2D eigenvalue weighted by molar-refractivity contribution is 8.00. The Kier molecular flexibility index (Phi) is 2.94. The Labute approximate surface area is 114 Å². The van der Waals surface area contributed by atoms with E-state index in [-0.39, 0.29) is 17.3 Å². The number of fused-ring (bicyclic) bond motifs is 1. The number of aliphatic carboxylic acids is 1. The van der Waals surface area contributed by atoms with Gasteiger partial charge in [0, 0.05) is 18.9 Å². The molecule has 1 fully saturated rings. The van der Waals surface area contributed by atoms with Crippen molar-refractivity contribution in [1.82, 2.24) is 5.32 Å². The second-order valence-electron chi connectivity index (χ2n) is 4.71. The normalized spacial score (nSPS) is 29.1. The summed E-state index contributed by atoms with van der Waals surface area (Å²) in [4.78, 5) is 13.0. The molecule has 3 rings (SSSR count). The maximum absolute atomic E-state index is 11.0. The SMILES string of the molecule is CN1c2cc(O)ccc2NC1C1N[C@@H](C(=O)O)CS1.